The Morgan fingerprint density at radius 3 is 2.21 bits per heavy atom. The van der Waals surface area contributed by atoms with Gasteiger partial charge < -0.3 is 15.9 Å². The molecule has 0 unspecified atom stereocenters. The maximum Gasteiger partial charge on any atom is 0.339 e. The molecule has 0 aliphatic carbocycles. The Bertz CT molecular complexity index is 233. The van der Waals surface area contributed by atoms with Gasteiger partial charge >= 0.3 is 11.9 Å². The Balaban J connectivity index is 4.46. The molecule has 0 spiro atoms. The first-order valence-corrected chi connectivity index (χ1v) is 4.38. The summed E-state index contributed by atoms with van der Waals surface area (Å²) in [5.74, 6) is -3.12. The molecule has 0 saturated heterocycles. The van der Waals surface area contributed by atoms with Crippen molar-refractivity contribution >= 4 is 11.9 Å². The van der Waals surface area contributed by atoms with E-state index in [1.807, 2.05) is 6.92 Å². The van der Waals surface area contributed by atoms with E-state index < -0.39 is 17.5 Å². The zero-order valence-corrected chi connectivity index (χ0v) is 8.06. The number of rotatable bonds is 6. The second kappa shape index (κ2) is 5.39. The molecule has 0 saturated carbocycles. The van der Waals surface area contributed by atoms with Crippen molar-refractivity contribution < 1.29 is 19.8 Å². The first-order chi connectivity index (χ1) is 6.45. The Hall–Kier alpha value is -1.36. The third kappa shape index (κ3) is 3.18. The molecule has 0 atom stereocenters. The molecule has 0 aliphatic heterocycles. The van der Waals surface area contributed by atoms with Crippen molar-refractivity contribution in [3.05, 3.63) is 12.2 Å². The lowest BCUT2D eigenvalue weighted by molar-refractivity contribution is -0.153. The van der Waals surface area contributed by atoms with Crippen LogP contribution >= 0.6 is 0 Å². The topological polar surface area (TPSA) is 101 Å². The number of nitrogens with two attached hydrogens (primary N) is 1. The van der Waals surface area contributed by atoms with Gasteiger partial charge in [-0.3, -0.25) is 0 Å². The number of hydrogen-bond acceptors (Lipinski definition) is 3. The molecular formula is C9H15NO4. The highest BCUT2D eigenvalue weighted by atomic mass is 16.4. The molecule has 0 rings (SSSR count). The minimum Gasteiger partial charge on any atom is -0.479 e. The maximum absolute atomic E-state index is 10.6. The van der Waals surface area contributed by atoms with Crippen LogP contribution in [-0.4, -0.2) is 27.7 Å². The van der Waals surface area contributed by atoms with Gasteiger partial charge in [-0.15, -0.1) is 0 Å². The highest BCUT2D eigenvalue weighted by Crippen LogP contribution is 2.06. The lowest BCUT2D eigenvalue weighted by atomic mass is 10.0. The van der Waals surface area contributed by atoms with Crippen LogP contribution in [0.25, 0.3) is 0 Å². The number of hydrogen-bond donors (Lipinski definition) is 3. The smallest absolute Gasteiger partial charge is 0.339 e. The van der Waals surface area contributed by atoms with Gasteiger partial charge in [-0.25, -0.2) is 9.59 Å². The third-order valence-corrected chi connectivity index (χ3v) is 1.81. The van der Waals surface area contributed by atoms with Crippen molar-refractivity contribution in [3.8, 4) is 0 Å². The van der Waals surface area contributed by atoms with Gasteiger partial charge in [0.05, 0.1) is 0 Å². The first kappa shape index (κ1) is 12.6. The summed E-state index contributed by atoms with van der Waals surface area (Å²) in [5, 5.41) is 17.2. The molecular weight excluding hydrogens is 186 g/mol. The average molecular weight is 201 g/mol. The van der Waals surface area contributed by atoms with Crippen LogP contribution in [0.3, 0.4) is 0 Å². The highest BCUT2D eigenvalue weighted by molar-refractivity contribution is 6.05. The van der Waals surface area contributed by atoms with Gasteiger partial charge in [-0.2, -0.15) is 0 Å². The van der Waals surface area contributed by atoms with Gasteiger partial charge in [0, 0.05) is 0 Å². The third-order valence-electron chi connectivity index (χ3n) is 1.81. The summed E-state index contributed by atoms with van der Waals surface area (Å²) in [4.78, 5) is 21.1. The van der Waals surface area contributed by atoms with Crippen molar-refractivity contribution in [2.24, 2.45) is 5.73 Å². The standard InChI is InChI=1S/C9H15NO4/c1-2-3-4-5-6-9(10,7(11)12)8(13)14/h5-6H,2-4,10H2,1H3,(H,11,12)(H,13,14). The molecule has 5 nitrogen and oxygen atoms in total. The number of carbonyl (C=O) groups is 2. The molecule has 0 bridgehead atoms. The van der Waals surface area contributed by atoms with E-state index >= 15 is 0 Å². The van der Waals surface area contributed by atoms with E-state index in [2.05, 4.69) is 0 Å². The summed E-state index contributed by atoms with van der Waals surface area (Å²) in [6.07, 6.45) is 4.99. The molecule has 14 heavy (non-hydrogen) atoms. The van der Waals surface area contributed by atoms with E-state index in [1.165, 1.54) is 6.08 Å². The zero-order chi connectivity index (χ0) is 11.2. The number of carboxylic acids is 2. The Morgan fingerprint density at radius 2 is 1.86 bits per heavy atom. The monoisotopic (exact) mass is 201 g/mol. The summed E-state index contributed by atoms with van der Waals surface area (Å²) in [7, 11) is 0. The van der Waals surface area contributed by atoms with Gasteiger partial charge in [-0.05, 0) is 12.5 Å². The Morgan fingerprint density at radius 1 is 1.36 bits per heavy atom. The summed E-state index contributed by atoms with van der Waals surface area (Å²) in [6.45, 7) is 1.98. The minimum absolute atomic E-state index is 0.635. The lowest BCUT2D eigenvalue weighted by Gasteiger charge is -2.14. The van der Waals surface area contributed by atoms with Gasteiger partial charge in [-0.1, -0.05) is 25.8 Å². The van der Waals surface area contributed by atoms with Gasteiger partial charge in [0.25, 0.3) is 0 Å². The molecule has 0 heterocycles. The SMILES string of the molecule is CCCCC=CC(N)(C(=O)O)C(=O)O. The molecule has 0 aromatic rings. The van der Waals surface area contributed by atoms with Crippen LogP contribution in [-0.2, 0) is 9.59 Å². The Labute approximate surface area is 82.2 Å². The van der Waals surface area contributed by atoms with Crippen molar-refractivity contribution in [3.63, 3.8) is 0 Å². The molecule has 0 aromatic carbocycles. The van der Waals surface area contributed by atoms with Crippen molar-refractivity contribution in [1.82, 2.24) is 0 Å². The fourth-order valence-electron chi connectivity index (χ4n) is 0.825. The van der Waals surface area contributed by atoms with Crippen molar-refractivity contribution in [2.45, 2.75) is 31.7 Å². The van der Waals surface area contributed by atoms with E-state index in [-0.39, 0.29) is 0 Å². The van der Waals surface area contributed by atoms with Crippen LogP contribution in [0.5, 0.6) is 0 Å². The molecule has 0 radical (unpaired) electrons. The van der Waals surface area contributed by atoms with Crippen LogP contribution in [0.15, 0.2) is 12.2 Å². The second-order valence-electron chi connectivity index (χ2n) is 3.02. The predicted octanol–water partition coefficient (Wildman–Crippen LogP) is 0.599. The molecule has 80 valence electrons. The van der Waals surface area contributed by atoms with Gasteiger partial charge in [0.2, 0.25) is 5.54 Å². The average Bonchev–Trinajstić information content (AvgIpc) is 2.11. The van der Waals surface area contributed by atoms with E-state index in [0.29, 0.717) is 6.42 Å². The van der Waals surface area contributed by atoms with E-state index in [9.17, 15) is 9.59 Å². The summed E-state index contributed by atoms with van der Waals surface area (Å²) in [5.41, 5.74) is 2.88. The van der Waals surface area contributed by atoms with Crippen molar-refractivity contribution in [2.75, 3.05) is 0 Å². The number of unbranched alkanes of at least 4 members (excludes halogenated alkanes) is 2. The van der Waals surface area contributed by atoms with Gasteiger partial charge in [0.15, 0.2) is 0 Å². The fraction of sp³-hybridized carbons (Fsp3) is 0.556. The number of carboxylic acid groups (broad SMARTS) is 2. The normalized spacial score (nSPS) is 11.9. The summed E-state index contributed by atoms with van der Waals surface area (Å²) < 4.78 is 0. The number of allylic oxidation sites excluding steroid dienone is 1. The molecule has 0 aliphatic rings. The van der Waals surface area contributed by atoms with E-state index in [4.69, 9.17) is 15.9 Å². The molecule has 4 N–H and O–H groups in total. The van der Waals surface area contributed by atoms with Crippen LogP contribution in [0.2, 0.25) is 0 Å². The minimum atomic E-state index is -2.30. The lowest BCUT2D eigenvalue weighted by Crippen LogP contribution is -2.53. The summed E-state index contributed by atoms with van der Waals surface area (Å²) in [6, 6.07) is 0. The quantitative estimate of drug-likeness (QED) is 0.332. The van der Waals surface area contributed by atoms with Gasteiger partial charge in [0.1, 0.15) is 0 Å². The Kier molecular flexibility index (Phi) is 4.86. The summed E-state index contributed by atoms with van der Waals surface area (Å²) >= 11 is 0. The number of aliphatic carboxylic acids is 2. The van der Waals surface area contributed by atoms with Crippen LogP contribution in [0, 0.1) is 0 Å². The predicted molar refractivity (Wildman–Crippen MR) is 50.9 cm³/mol. The molecule has 0 aromatic heterocycles. The zero-order valence-electron chi connectivity index (χ0n) is 8.06. The van der Waals surface area contributed by atoms with Crippen LogP contribution in [0.1, 0.15) is 26.2 Å². The van der Waals surface area contributed by atoms with Crippen molar-refractivity contribution in [1.29, 1.82) is 0 Å². The van der Waals surface area contributed by atoms with E-state index in [0.717, 1.165) is 18.9 Å². The second-order valence-corrected chi connectivity index (χ2v) is 3.02. The molecule has 5 heteroatoms. The fourth-order valence-corrected chi connectivity index (χ4v) is 0.825. The molecule has 0 amide bonds. The highest BCUT2D eigenvalue weighted by Gasteiger charge is 2.39. The first-order valence-electron chi connectivity index (χ1n) is 4.38. The van der Waals surface area contributed by atoms with E-state index in [1.54, 1.807) is 0 Å². The maximum atomic E-state index is 10.6. The van der Waals surface area contributed by atoms with Crippen LogP contribution in [0.4, 0.5) is 0 Å². The van der Waals surface area contributed by atoms with Crippen LogP contribution < -0.4 is 5.73 Å². The molecule has 0 fully saturated rings. The largest absolute Gasteiger partial charge is 0.479 e.